The first-order chi connectivity index (χ1) is 16.7. The summed E-state index contributed by atoms with van der Waals surface area (Å²) in [6, 6.07) is 14.3. The Kier molecular flexibility index (Phi) is 12.2. The first-order valence-electron chi connectivity index (χ1n) is 11.6. The van der Waals surface area contributed by atoms with E-state index in [2.05, 4.69) is 11.6 Å². The number of nitrogens with two attached hydrogens (primary N) is 1. The van der Waals surface area contributed by atoms with Gasteiger partial charge < -0.3 is 15.2 Å². The van der Waals surface area contributed by atoms with Crippen LogP contribution in [0.4, 0.5) is 13.2 Å². The summed E-state index contributed by atoms with van der Waals surface area (Å²) in [4.78, 5) is 13.2. The number of carbonyl (C=O) groups is 1. The minimum atomic E-state index is -4.14. The van der Waals surface area contributed by atoms with Crippen LogP contribution in [-0.2, 0) is 30.2 Å². The third kappa shape index (κ3) is 10.3. The minimum Gasteiger partial charge on any atom is -0.459 e. The monoisotopic (exact) mass is 529 g/mol. The summed E-state index contributed by atoms with van der Waals surface area (Å²) in [5, 5.41) is -0.950. The molecule has 0 aliphatic carbocycles. The average Bonchev–Trinajstić information content (AvgIpc) is 2.79. The van der Waals surface area contributed by atoms with Crippen molar-refractivity contribution < 1.29 is 31.6 Å². The highest BCUT2D eigenvalue weighted by atomic mass is 32.2. The molecule has 0 heterocycles. The molecule has 2 aromatic carbocycles. The number of rotatable bonds is 10. The Balaban J connectivity index is 0.00000316. The summed E-state index contributed by atoms with van der Waals surface area (Å²) < 4.78 is 61.2. The van der Waals surface area contributed by atoms with Crippen molar-refractivity contribution in [2.24, 2.45) is 5.73 Å². The van der Waals surface area contributed by atoms with E-state index in [4.69, 9.17) is 9.47 Å². The highest BCUT2D eigenvalue weighted by Crippen LogP contribution is 2.27. The van der Waals surface area contributed by atoms with Crippen LogP contribution in [0.25, 0.3) is 11.1 Å². The zero-order valence-corrected chi connectivity index (χ0v) is 22.5. The number of aryl methyl sites for hydroxylation is 1. The van der Waals surface area contributed by atoms with Gasteiger partial charge in [-0.3, -0.25) is 9.00 Å². The molecule has 0 saturated heterocycles. The van der Waals surface area contributed by atoms with Crippen molar-refractivity contribution in [1.82, 2.24) is 0 Å². The molecule has 2 N–H and O–H groups in total. The van der Waals surface area contributed by atoms with E-state index < -0.39 is 38.9 Å². The summed E-state index contributed by atoms with van der Waals surface area (Å²) >= 11 is 0. The van der Waals surface area contributed by atoms with Crippen LogP contribution >= 0.6 is 0 Å². The van der Waals surface area contributed by atoms with Crippen molar-refractivity contribution in [3.05, 3.63) is 54.1 Å². The van der Waals surface area contributed by atoms with Gasteiger partial charge in [-0.25, -0.2) is 0 Å². The minimum absolute atomic E-state index is 0.0529. The fraction of sp³-hybridized carbons (Fsp3) is 0.481. The van der Waals surface area contributed by atoms with Crippen molar-refractivity contribution >= 4 is 21.4 Å². The average molecular weight is 530 g/mol. The second-order valence-corrected chi connectivity index (χ2v) is 11.7. The standard InChI is InChI=1S/C26H33F3O4S.CH5N/c1-25(2,3)33-24(30)23(16-18-32-4)34(5,31)22-14-12-21(13-15-22)20-10-8-19(9-11-20)7-6-17-26(27,28)29;1-2/h8-15,23H,5-7,16-18H2,1-4H3;2H2,1H3. The van der Waals surface area contributed by atoms with Crippen molar-refractivity contribution in [2.45, 2.75) is 68.4 Å². The number of ether oxygens (including phenoxy) is 2. The molecule has 0 radical (unpaired) electrons. The Labute approximate surface area is 213 Å². The molecule has 0 amide bonds. The number of hydrogen-bond acceptors (Lipinski definition) is 5. The van der Waals surface area contributed by atoms with Gasteiger partial charge in [0.1, 0.15) is 10.9 Å². The molecule has 0 saturated carbocycles. The van der Waals surface area contributed by atoms with Gasteiger partial charge in [-0.05, 0) is 81.8 Å². The van der Waals surface area contributed by atoms with Gasteiger partial charge >= 0.3 is 12.1 Å². The molecule has 0 aromatic heterocycles. The highest BCUT2D eigenvalue weighted by molar-refractivity contribution is 8.01. The summed E-state index contributed by atoms with van der Waals surface area (Å²) in [5.41, 5.74) is 6.35. The van der Waals surface area contributed by atoms with Crippen LogP contribution in [0.15, 0.2) is 53.4 Å². The summed E-state index contributed by atoms with van der Waals surface area (Å²) in [5.74, 6) is 3.32. The molecule has 2 aromatic rings. The summed E-state index contributed by atoms with van der Waals surface area (Å²) in [7, 11) is -0.0120. The quantitative estimate of drug-likeness (QED) is 0.319. The molecule has 2 rings (SSSR count). The van der Waals surface area contributed by atoms with Crippen LogP contribution in [-0.4, -0.2) is 53.8 Å². The lowest BCUT2D eigenvalue weighted by Crippen LogP contribution is -2.37. The van der Waals surface area contributed by atoms with E-state index in [0.717, 1.165) is 16.7 Å². The first-order valence-corrected chi connectivity index (χ1v) is 13.4. The molecule has 0 bridgehead atoms. The van der Waals surface area contributed by atoms with E-state index in [1.807, 2.05) is 24.3 Å². The number of methoxy groups -OCH3 is 1. The third-order valence-electron chi connectivity index (χ3n) is 5.18. The van der Waals surface area contributed by atoms with E-state index in [0.29, 0.717) is 11.3 Å². The predicted octanol–water partition coefficient (Wildman–Crippen LogP) is 5.64. The van der Waals surface area contributed by atoms with E-state index in [-0.39, 0.29) is 19.4 Å². The molecular weight excluding hydrogens is 491 g/mol. The molecule has 0 aliphatic rings. The van der Waals surface area contributed by atoms with Gasteiger partial charge in [0.15, 0.2) is 0 Å². The number of benzene rings is 2. The van der Waals surface area contributed by atoms with Crippen molar-refractivity contribution in [3.63, 3.8) is 0 Å². The molecule has 0 aliphatic heterocycles. The fourth-order valence-corrected chi connectivity index (χ4v) is 5.22. The Morgan fingerprint density at radius 2 is 1.50 bits per heavy atom. The largest absolute Gasteiger partial charge is 0.459 e. The normalized spacial score (nSPS) is 14.2. The number of alkyl halides is 3. The van der Waals surface area contributed by atoms with Gasteiger partial charge in [-0.2, -0.15) is 13.2 Å². The maximum Gasteiger partial charge on any atom is 0.389 e. The Bertz CT molecular complexity index is 1040. The second kappa shape index (κ2) is 13.8. The van der Waals surface area contributed by atoms with Crippen LogP contribution in [0.1, 0.15) is 45.6 Å². The van der Waals surface area contributed by atoms with Crippen LogP contribution in [0.5, 0.6) is 0 Å². The maximum absolute atomic E-state index is 13.6. The van der Waals surface area contributed by atoms with E-state index in [1.54, 1.807) is 45.0 Å². The maximum atomic E-state index is 13.6. The summed E-state index contributed by atoms with van der Waals surface area (Å²) in [6.45, 7) is 5.49. The number of esters is 1. The SMILES string of the molecule is C=S(=O)(c1ccc(-c2ccc(CCCC(F)(F)F)cc2)cc1)C(CCOC)C(=O)OC(C)(C)C.CN. The number of carbonyl (C=O) groups excluding carboxylic acids is 1. The molecule has 2 atom stereocenters. The lowest BCUT2D eigenvalue weighted by atomic mass is 10.0. The van der Waals surface area contributed by atoms with Crippen molar-refractivity contribution in [3.8, 4) is 11.1 Å². The fourth-order valence-electron chi connectivity index (χ4n) is 3.45. The molecule has 202 valence electrons. The van der Waals surface area contributed by atoms with Crippen molar-refractivity contribution in [2.75, 3.05) is 20.8 Å². The second-order valence-electron chi connectivity index (χ2n) is 9.22. The van der Waals surface area contributed by atoms with Crippen LogP contribution in [0, 0.1) is 0 Å². The van der Waals surface area contributed by atoms with Crippen molar-refractivity contribution in [1.29, 1.82) is 0 Å². The lowest BCUT2D eigenvalue weighted by Gasteiger charge is -2.26. The van der Waals surface area contributed by atoms with Gasteiger partial charge in [0.25, 0.3) is 0 Å². The molecule has 0 fully saturated rings. The van der Waals surface area contributed by atoms with Gasteiger partial charge in [0.05, 0.1) is 0 Å². The lowest BCUT2D eigenvalue weighted by molar-refractivity contribution is -0.154. The third-order valence-corrected chi connectivity index (χ3v) is 7.60. The van der Waals surface area contributed by atoms with Gasteiger partial charge in [0, 0.05) is 34.6 Å². The van der Waals surface area contributed by atoms with E-state index >= 15 is 0 Å². The molecule has 0 spiro atoms. The zero-order valence-electron chi connectivity index (χ0n) is 21.7. The molecule has 5 nitrogen and oxygen atoms in total. The highest BCUT2D eigenvalue weighted by Gasteiger charge is 2.33. The van der Waals surface area contributed by atoms with Crippen LogP contribution in [0.3, 0.4) is 0 Å². The molecule has 9 heteroatoms. The Hall–Kier alpha value is -2.36. The molecule has 36 heavy (non-hydrogen) atoms. The predicted molar refractivity (Wildman–Crippen MR) is 141 cm³/mol. The zero-order chi connectivity index (χ0) is 27.6. The Morgan fingerprint density at radius 1 is 1.00 bits per heavy atom. The number of halogens is 3. The van der Waals surface area contributed by atoms with Gasteiger partial charge in [-0.15, -0.1) is 0 Å². The van der Waals surface area contributed by atoms with E-state index in [1.165, 1.54) is 14.2 Å². The van der Waals surface area contributed by atoms with E-state index in [9.17, 15) is 22.2 Å². The first kappa shape index (κ1) is 31.7. The molecule has 2 unspecified atom stereocenters. The van der Waals surface area contributed by atoms with Crippen LogP contribution in [0.2, 0.25) is 0 Å². The van der Waals surface area contributed by atoms with Crippen LogP contribution < -0.4 is 5.73 Å². The smallest absolute Gasteiger partial charge is 0.389 e. The van der Waals surface area contributed by atoms with Gasteiger partial charge in [-0.1, -0.05) is 36.4 Å². The topological polar surface area (TPSA) is 78.6 Å². The molecular formula is C27H38F3NO4S. The summed E-state index contributed by atoms with van der Waals surface area (Å²) in [6.07, 6.45) is -4.31. The number of hydrogen-bond donors (Lipinski definition) is 1. The van der Waals surface area contributed by atoms with Gasteiger partial charge in [0.2, 0.25) is 0 Å². The Morgan fingerprint density at radius 3 is 1.94 bits per heavy atom.